The number of hydrogen-bond donors (Lipinski definition) is 1. The number of rotatable bonds is 7. The minimum Gasteiger partial charge on any atom is -0.383 e. The lowest BCUT2D eigenvalue weighted by atomic mass is 9.67. The topological polar surface area (TPSA) is 50.9 Å². The van der Waals surface area contributed by atoms with Gasteiger partial charge in [0.15, 0.2) is 0 Å². The fraction of sp³-hybridized carbons (Fsp3) is 0.524. The number of halogens is 1. The van der Waals surface area contributed by atoms with Crippen molar-refractivity contribution >= 4 is 6.08 Å². The van der Waals surface area contributed by atoms with E-state index in [0.717, 1.165) is 49.7 Å². The van der Waals surface area contributed by atoms with Crippen molar-refractivity contribution < 1.29 is 9.50 Å². The van der Waals surface area contributed by atoms with Crippen molar-refractivity contribution in [3.63, 3.8) is 0 Å². The van der Waals surface area contributed by atoms with Gasteiger partial charge in [-0.2, -0.15) is 5.10 Å². The van der Waals surface area contributed by atoms with Gasteiger partial charge in [-0.15, -0.1) is 0 Å². The van der Waals surface area contributed by atoms with Gasteiger partial charge in [0.1, 0.15) is 24.1 Å². The molecular weight excluding hydrogens is 329 g/mol. The Hall–Kier alpha value is -2.01. The van der Waals surface area contributed by atoms with Gasteiger partial charge in [-0.25, -0.2) is 14.1 Å². The predicted octanol–water partition coefficient (Wildman–Crippen LogP) is 4.61. The normalized spacial score (nSPS) is 23.6. The Morgan fingerprint density at radius 1 is 1.19 bits per heavy atom. The molecule has 0 saturated heterocycles. The molecule has 1 saturated carbocycles. The molecule has 1 aromatic heterocycles. The summed E-state index contributed by atoms with van der Waals surface area (Å²) in [5.41, 5.74) is 0.804. The van der Waals surface area contributed by atoms with Crippen LogP contribution in [0.25, 0.3) is 6.08 Å². The predicted molar refractivity (Wildman–Crippen MR) is 101 cm³/mol. The molecule has 3 rings (SSSR count). The second kappa shape index (κ2) is 7.70. The van der Waals surface area contributed by atoms with E-state index in [4.69, 9.17) is 0 Å². The van der Waals surface area contributed by atoms with Crippen LogP contribution in [0.15, 0.2) is 42.5 Å². The van der Waals surface area contributed by atoms with Gasteiger partial charge in [-0.05, 0) is 49.0 Å². The largest absolute Gasteiger partial charge is 0.383 e. The number of nitrogens with zero attached hydrogens (tertiary/aromatic N) is 3. The fourth-order valence-corrected chi connectivity index (χ4v) is 4.64. The number of aliphatic hydroxyl groups is 1. The number of hydrogen-bond acceptors (Lipinski definition) is 3. The van der Waals surface area contributed by atoms with Crippen LogP contribution in [-0.2, 0) is 6.54 Å². The van der Waals surface area contributed by atoms with Gasteiger partial charge >= 0.3 is 0 Å². The first-order valence-electron chi connectivity index (χ1n) is 9.54. The number of benzene rings is 1. The number of aromatic nitrogens is 3. The standard InChI is InChI=1S/C21H28FN3O/c1-3-10-20(11-4-2)12-9-18(13-17-5-7-19(22)8-6-17)21(20,26)14-25-16-23-15-24-25/h5-8,13,15-16,26H,3-4,9-12,14H2,1-2H3/b18-13-. The van der Waals surface area contributed by atoms with E-state index in [1.165, 1.54) is 18.5 Å². The zero-order valence-electron chi connectivity index (χ0n) is 15.7. The maximum Gasteiger partial charge on any atom is 0.137 e. The Labute approximate surface area is 154 Å². The van der Waals surface area contributed by atoms with Crippen molar-refractivity contribution in [3.8, 4) is 0 Å². The van der Waals surface area contributed by atoms with E-state index in [2.05, 4.69) is 23.9 Å². The van der Waals surface area contributed by atoms with Crippen molar-refractivity contribution in [2.24, 2.45) is 5.41 Å². The molecule has 0 bridgehead atoms. The van der Waals surface area contributed by atoms with E-state index < -0.39 is 5.60 Å². The van der Waals surface area contributed by atoms with Gasteiger partial charge in [-0.3, -0.25) is 0 Å². The molecule has 1 atom stereocenters. The van der Waals surface area contributed by atoms with E-state index in [0.29, 0.717) is 6.54 Å². The molecule has 26 heavy (non-hydrogen) atoms. The van der Waals surface area contributed by atoms with Gasteiger partial charge in [0, 0.05) is 5.41 Å². The molecule has 140 valence electrons. The molecule has 0 amide bonds. The third kappa shape index (κ3) is 3.45. The highest BCUT2D eigenvalue weighted by atomic mass is 19.1. The fourth-order valence-electron chi connectivity index (χ4n) is 4.64. The average Bonchev–Trinajstić information content (AvgIpc) is 3.20. The summed E-state index contributed by atoms with van der Waals surface area (Å²) in [4.78, 5) is 4.03. The molecule has 0 spiro atoms. The van der Waals surface area contributed by atoms with Gasteiger partial charge < -0.3 is 5.11 Å². The lowest BCUT2D eigenvalue weighted by Crippen LogP contribution is -2.48. The Bertz CT molecular complexity index is 733. The third-order valence-corrected chi connectivity index (χ3v) is 5.81. The van der Waals surface area contributed by atoms with Crippen LogP contribution in [0, 0.1) is 11.2 Å². The average molecular weight is 357 g/mol. The van der Waals surface area contributed by atoms with Crippen molar-refractivity contribution in [1.29, 1.82) is 0 Å². The molecule has 0 aliphatic heterocycles. The highest BCUT2D eigenvalue weighted by Crippen LogP contribution is 2.56. The van der Waals surface area contributed by atoms with Crippen LogP contribution < -0.4 is 0 Å². The highest BCUT2D eigenvalue weighted by molar-refractivity contribution is 5.57. The Morgan fingerprint density at radius 3 is 2.46 bits per heavy atom. The Morgan fingerprint density at radius 2 is 1.88 bits per heavy atom. The maximum absolute atomic E-state index is 13.2. The Balaban J connectivity index is 2.03. The molecule has 2 aromatic rings. The zero-order valence-corrected chi connectivity index (χ0v) is 15.7. The van der Waals surface area contributed by atoms with Crippen LogP contribution >= 0.6 is 0 Å². The lowest BCUT2D eigenvalue weighted by Gasteiger charge is -2.43. The summed E-state index contributed by atoms with van der Waals surface area (Å²) in [6.07, 6.45) is 11.0. The second-order valence-electron chi connectivity index (χ2n) is 7.45. The van der Waals surface area contributed by atoms with Crippen molar-refractivity contribution in [2.45, 2.75) is 64.5 Å². The maximum atomic E-state index is 13.2. The molecule has 5 heteroatoms. The Kier molecular flexibility index (Phi) is 5.56. The molecule has 0 radical (unpaired) electrons. The van der Waals surface area contributed by atoms with Crippen LogP contribution in [0.2, 0.25) is 0 Å². The van der Waals surface area contributed by atoms with E-state index >= 15 is 0 Å². The van der Waals surface area contributed by atoms with Gasteiger partial charge in [0.25, 0.3) is 0 Å². The monoisotopic (exact) mass is 357 g/mol. The second-order valence-corrected chi connectivity index (χ2v) is 7.45. The zero-order chi connectivity index (χ0) is 18.6. The first-order valence-corrected chi connectivity index (χ1v) is 9.54. The van der Waals surface area contributed by atoms with Crippen LogP contribution in [0.4, 0.5) is 4.39 Å². The van der Waals surface area contributed by atoms with E-state index in [9.17, 15) is 9.50 Å². The van der Waals surface area contributed by atoms with E-state index in [1.54, 1.807) is 23.1 Å². The van der Waals surface area contributed by atoms with Crippen LogP contribution in [0.5, 0.6) is 0 Å². The van der Waals surface area contributed by atoms with Crippen molar-refractivity contribution in [2.75, 3.05) is 0 Å². The molecular formula is C21H28FN3O. The minimum absolute atomic E-state index is 0.158. The first kappa shape index (κ1) is 18.8. The van der Waals surface area contributed by atoms with Crippen LogP contribution in [0.1, 0.15) is 57.9 Å². The first-order chi connectivity index (χ1) is 12.5. The van der Waals surface area contributed by atoms with Gasteiger partial charge in [0.2, 0.25) is 0 Å². The minimum atomic E-state index is -0.971. The summed E-state index contributed by atoms with van der Waals surface area (Å²) in [6.45, 7) is 4.75. The summed E-state index contributed by atoms with van der Waals surface area (Å²) in [6, 6.07) is 6.45. The quantitative estimate of drug-likeness (QED) is 0.787. The summed E-state index contributed by atoms with van der Waals surface area (Å²) in [7, 11) is 0. The summed E-state index contributed by atoms with van der Waals surface area (Å²) in [5, 5.41) is 16.2. The molecule has 1 fully saturated rings. The van der Waals surface area contributed by atoms with Crippen molar-refractivity contribution in [1.82, 2.24) is 14.8 Å². The van der Waals surface area contributed by atoms with Gasteiger partial charge in [-0.1, -0.05) is 44.9 Å². The summed E-state index contributed by atoms with van der Waals surface area (Å²) in [5.74, 6) is -0.247. The highest BCUT2D eigenvalue weighted by Gasteiger charge is 2.55. The molecule has 1 N–H and O–H groups in total. The molecule has 1 aliphatic carbocycles. The van der Waals surface area contributed by atoms with Crippen LogP contribution in [-0.4, -0.2) is 25.5 Å². The SMILES string of the molecule is CCCC1(CCC)CC/C(=C/c2ccc(F)cc2)C1(O)Cn1cncn1. The smallest absolute Gasteiger partial charge is 0.137 e. The third-order valence-electron chi connectivity index (χ3n) is 5.81. The van der Waals surface area contributed by atoms with E-state index in [1.807, 2.05) is 6.08 Å². The molecule has 1 unspecified atom stereocenters. The van der Waals surface area contributed by atoms with E-state index in [-0.39, 0.29) is 11.2 Å². The van der Waals surface area contributed by atoms with Gasteiger partial charge in [0.05, 0.1) is 6.54 Å². The molecule has 1 aliphatic rings. The summed E-state index contributed by atoms with van der Waals surface area (Å²) >= 11 is 0. The molecule has 1 heterocycles. The summed E-state index contributed by atoms with van der Waals surface area (Å²) < 4.78 is 15.0. The van der Waals surface area contributed by atoms with Crippen LogP contribution in [0.3, 0.4) is 0 Å². The van der Waals surface area contributed by atoms with Crippen molar-refractivity contribution in [3.05, 3.63) is 53.9 Å². The molecule has 1 aromatic carbocycles. The molecule has 4 nitrogen and oxygen atoms in total. The lowest BCUT2D eigenvalue weighted by molar-refractivity contribution is -0.0605.